The van der Waals surface area contributed by atoms with Gasteiger partial charge in [-0.25, -0.2) is 0 Å². The molecular weight excluding hydrogens is 138 g/mol. The minimum absolute atomic E-state index is 0.479. The van der Waals surface area contributed by atoms with Gasteiger partial charge in [-0.15, -0.1) is 0 Å². The van der Waals surface area contributed by atoms with Crippen molar-refractivity contribution in [2.45, 2.75) is 20.3 Å². The lowest BCUT2D eigenvalue weighted by molar-refractivity contribution is 0.185. The molecule has 0 amide bonds. The number of hydrogen-bond acceptors (Lipinski definition) is 2. The van der Waals surface area contributed by atoms with Crippen LogP contribution in [0.1, 0.15) is 20.3 Å². The van der Waals surface area contributed by atoms with Gasteiger partial charge in [-0.2, -0.15) is 0 Å². The summed E-state index contributed by atoms with van der Waals surface area (Å²) in [4.78, 5) is 0. The molecule has 0 spiro atoms. The molecule has 2 N–H and O–H groups in total. The van der Waals surface area contributed by atoms with E-state index in [1.807, 2.05) is 0 Å². The summed E-state index contributed by atoms with van der Waals surface area (Å²) in [7, 11) is 1.76. The molecule has 1 aliphatic rings. The smallest absolute Gasteiger partial charge is 0.0465 e. The summed E-state index contributed by atoms with van der Waals surface area (Å²) in [6.45, 7) is 6.31. The highest BCUT2D eigenvalue weighted by molar-refractivity contribution is 5.04. The van der Waals surface area contributed by atoms with Gasteiger partial charge in [-0.05, 0) is 30.2 Å². The molecule has 0 saturated heterocycles. The van der Waals surface area contributed by atoms with Crippen molar-refractivity contribution in [1.82, 2.24) is 0 Å². The van der Waals surface area contributed by atoms with Gasteiger partial charge < -0.3 is 10.5 Å². The summed E-state index contributed by atoms with van der Waals surface area (Å²) >= 11 is 0. The number of nitrogens with two attached hydrogens (primary N) is 1. The lowest BCUT2D eigenvalue weighted by atomic mass is 10.1. The normalized spacial score (nSPS) is 33.8. The van der Waals surface area contributed by atoms with E-state index in [9.17, 15) is 0 Å². The molecule has 2 heteroatoms. The predicted molar refractivity (Wildman–Crippen MR) is 46.3 cm³/mol. The Morgan fingerprint density at radius 3 is 2.36 bits per heavy atom. The molecule has 0 aromatic rings. The molecule has 1 aliphatic carbocycles. The Hall–Kier alpha value is -0.0800. The van der Waals surface area contributed by atoms with Crippen molar-refractivity contribution in [3.8, 4) is 0 Å². The lowest BCUT2D eigenvalue weighted by Crippen LogP contribution is -2.05. The number of rotatable bonds is 4. The Bertz CT molecular complexity index is 134. The van der Waals surface area contributed by atoms with E-state index in [1.54, 1.807) is 7.11 Å². The van der Waals surface area contributed by atoms with Gasteiger partial charge in [0.15, 0.2) is 0 Å². The van der Waals surface area contributed by atoms with E-state index < -0.39 is 0 Å². The van der Waals surface area contributed by atoms with E-state index >= 15 is 0 Å². The SMILES string of the molecule is COCC[C@@H]1[C@@H](CN)C1(C)C. The third kappa shape index (κ3) is 1.57. The zero-order valence-electron chi connectivity index (χ0n) is 7.76. The molecule has 1 fully saturated rings. The fourth-order valence-corrected chi connectivity index (χ4v) is 2.14. The van der Waals surface area contributed by atoms with Crippen molar-refractivity contribution in [3.63, 3.8) is 0 Å². The Morgan fingerprint density at radius 1 is 1.36 bits per heavy atom. The van der Waals surface area contributed by atoms with Gasteiger partial charge in [0.2, 0.25) is 0 Å². The van der Waals surface area contributed by atoms with Crippen LogP contribution in [0, 0.1) is 17.3 Å². The summed E-state index contributed by atoms with van der Waals surface area (Å²) in [6.07, 6.45) is 1.17. The van der Waals surface area contributed by atoms with E-state index in [0.29, 0.717) is 5.41 Å². The molecule has 0 bridgehead atoms. The van der Waals surface area contributed by atoms with E-state index in [-0.39, 0.29) is 0 Å². The molecule has 11 heavy (non-hydrogen) atoms. The average molecular weight is 157 g/mol. The third-order valence-corrected chi connectivity index (χ3v) is 3.17. The third-order valence-electron chi connectivity index (χ3n) is 3.17. The first kappa shape index (κ1) is 9.01. The van der Waals surface area contributed by atoms with E-state index in [1.165, 1.54) is 6.42 Å². The van der Waals surface area contributed by atoms with Crippen LogP contribution in [0.2, 0.25) is 0 Å². The summed E-state index contributed by atoms with van der Waals surface area (Å²) < 4.78 is 5.04. The van der Waals surface area contributed by atoms with Crippen LogP contribution in [0.3, 0.4) is 0 Å². The van der Waals surface area contributed by atoms with E-state index in [0.717, 1.165) is 25.0 Å². The van der Waals surface area contributed by atoms with Gasteiger partial charge >= 0.3 is 0 Å². The maximum atomic E-state index is 5.63. The Balaban J connectivity index is 2.28. The van der Waals surface area contributed by atoms with Gasteiger partial charge in [0.05, 0.1) is 0 Å². The first-order valence-electron chi connectivity index (χ1n) is 4.33. The molecule has 0 heterocycles. The second kappa shape index (κ2) is 3.11. The Morgan fingerprint density at radius 2 is 2.00 bits per heavy atom. The van der Waals surface area contributed by atoms with Crippen molar-refractivity contribution in [2.24, 2.45) is 23.0 Å². The number of ether oxygens (including phenoxy) is 1. The highest BCUT2D eigenvalue weighted by Crippen LogP contribution is 2.59. The van der Waals surface area contributed by atoms with E-state index in [4.69, 9.17) is 10.5 Å². The fraction of sp³-hybridized carbons (Fsp3) is 1.00. The standard InChI is InChI=1S/C9H19NO/c1-9(2)7(4-5-11-3)8(9)6-10/h7-8H,4-6,10H2,1-3H3/t7-,8-/m1/s1. The van der Waals surface area contributed by atoms with Crippen molar-refractivity contribution < 1.29 is 4.74 Å². The second-order valence-corrected chi connectivity index (χ2v) is 4.05. The van der Waals surface area contributed by atoms with Crippen LogP contribution < -0.4 is 5.73 Å². The average Bonchev–Trinajstić information content (AvgIpc) is 2.48. The molecule has 0 radical (unpaired) electrons. The van der Waals surface area contributed by atoms with Crippen LogP contribution in [0.5, 0.6) is 0 Å². The fourth-order valence-electron chi connectivity index (χ4n) is 2.14. The molecule has 66 valence electrons. The number of methoxy groups -OCH3 is 1. The molecule has 2 atom stereocenters. The van der Waals surface area contributed by atoms with Crippen LogP contribution in [0.25, 0.3) is 0 Å². The highest BCUT2D eigenvalue weighted by Gasteiger charge is 2.55. The predicted octanol–water partition coefficient (Wildman–Crippen LogP) is 1.25. The Labute approximate surface area is 69.1 Å². The van der Waals surface area contributed by atoms with Crippen molar-refractivity contribution >= 4 is 0 Å². The zero-order valence-corrected chi connectivity index (χ0v) is 7.76. The second-order valence-electron chi connectivity index (χ2n) is 4.05. The Kier molecular flexibility index (Phi) is 2.55. The van der Waals surface area contributed by atoms with Gasteiger partial charge in [-0.1, -0.05) is 13.8 Å². The largest absolute Gasteiger partial charge is 0.385 e. The molecular formula is C9H19NO. The van der Waals surface area contributed by atoms with Crippen LogP contribution in [0.4, 0.5) is 0 Å². The van der Waals surface area contributed by atoms with Crippen LogP contribution in [-0.4, -0.2) is 20.3 Å². The summed E-state index contributed by atoms with van der Waals surface area (Å²) in [6, 6.07) is 0. The van der Waals surface area contributed by atoms with Crippen molar-refractivity contribution in [2.75, 3.05) is 20.3 Å². The summed E-state index contributed by atoms with van der Waals surface area (Å²) in [5.74, 6) is 1.53. The first-order valence-corrected chi connectivity index (χ1v) is 4.33. The molecule has 0 aliphatic heterocycles. The van der Waals surface area contributed by atoms with Crippen LogP contribution in [-0.2, 0) is 4.74 Å². The van der Waals surface area contributed by atoms with Gasteiger partial charge in [0.1, 0.15) is 0 Å². The first-order chi connectivity index (χ1) is 5.14. The maximum Gasteiger partial charge on any atom is 0.0465 e. The minimum atomic E-state index is 0.479. The summed E-state index contributed by atoms with van der Waals surface area (Å²) in [5, 5.41) is 0. The molecule has 1 saturated carbocycles. The molecule has 0 unspecified atom stereocenters. The van der Waals surface area contributed by atoms with Crippen LogP contribution >= 0.6 is 0 Å². The molecule has 0 aromatic heterocycles. The van der Waals surface area contributed by atoms with Crippen molar-refractivity contribution in [3.05, 3.63) is 0 Å². The van der Waals surface area contributed by atoms with Gasteiger partial charge in [-0.3, -0.25) is 0 Å². The maximum absolute atomic E-state index is 5.63. The quantitative estimate of drug-likeness (QED) is 0.666. The topological polar surface area (TPSA) is 35.2 Å². The van der Waals surface area contributed by atoms with Crippen molar-refractivity contribution in [1.29, 1.82) is 0 Å². The highest BCUT2D eigenvalue weighted by atomic mass is 16.5. The van der Waals surface area contributed by atoms with Gasteiger partial charge in [0.25, 0.3) is 0 Å². The van der Waals surface area contributed by atoms with Crippen LogP contribution in [0.15, 0.2) is 0 Å². The monoisotopic (exact) mass is 157 g/mol. The number of hydrogen-bond donors (Lipinski definition) is 1. The molecule has 1 rings (SSSR count). The minimum Gasteiger partial charge on any atom is -0.385 e. The lowest BCUT2D eigenvalue weighted by Gasteiger charge is -2.00. The van der Waals surface area contributed by atoms with Gasteiger partial charge in [0, 0.05) is 13.7 Å². The zero-order chi connectivity index (χ0) is 8.48. The van der Waals surface area contributed by atoms with E-state index in [2.05, 4.69) is 13.8 Å². The molecule has 2 nitrogen and oxygen atoms in total. The molecule has 0 aromatic carbocycles. The summed E-state index contributed by atoms with van der Waals surface area (Å²) in [5.41, 5.74) is 6.11.